The number of amides is 1. The first-order valence-corrected chi connectivity index (χ1v) is 16.1. The highest BCUT2D eigenvalue weighted by molar-refractivity contribution is 5.97. The van der Waals surface area contributed by atoms with Crippen molar-refractivity contribution in [3.63, 3.8) is 0 Å². The Bertz CT molecular complexity index is 1420. The second kappa shape index (κ2) is 16.3. The van der Waals surface area contributed by atoms with E-state index in [0.29, 0.717) is 23.1 Å². The van der Waals surface area contributed by atoms with Crippen LogP contribution in [0.15, 0.2) is 57.9 Å². The van der Waals surface area contributed by atoms with Crippen molar-refractivity contribution in [3.05, 3.63) is 53.9 Å². The molecule has 220 valence electrons. The Hall–Kier alpha value is -3.21. The summed E-state index contributed by atoms with van der Waals surface area (Å²) < 4.78 is 6.30. The molecule has 5 heteroatoms. The summed E-state index contributed by atoms with van der Waals surface area (Å²) in [6.07, 6.45) is 20.2. The van der Waals surface area contributed by atoms with Crippen molar-refractivity contribution >= 4 is 33.5 Å². The summed E-state index contributed by atoms with van der Waals surface area (Å²) in [5.41, 5.74) is 3.36. The number of hydrogen-bond donors (Lipinski definition) is 0. The summed E-state index contributed by atoms with van der Waals surface area (Å²) in [6, 6.07) is 15.9. The first kappa shape index (κ1) is 30.7. The van der Waals surface area contributed by atoms with Gasteiger partial charge in [-0.05, 0) is 18.6 Å². The Morgan fingerprint density at radius 2 is 1.34 bits per heavy atom. The van der Waals surface area contributed by atoms with Crippen LogP contribution in [-0.4, -0.2) is 25.0 Å². The Labute approximate surface area is 246 Å². The van der Waals surface area contributed by atoms with Crippen LogP contribution in [-0.2, 0) is 4.79 Å². The standard InChI is InChI=1S/C36H49N3O2/c1-4-5-6-7-8-9-10-11-12-13-14-15-16-17-18-23-35(40)37-32-27-34-36(30-22-20-19-21-29(30)32)38-31-25-24-28(39(2)3)26-33(31)41-34/h19-22,24-27H,4-18,23H2,1-3H3. The number of carbonyl (C=O) groups is 1. The molecule has 1 aliphatic heterocycles. The van der Waals surface area contributed by atoms with Crippen LogP contribution in [0.5, 0.6) is 0 Å². The fraction of sp³-hybridized carbons (Fsp3) is 0.528. The van der Waals surface area contributed by atoms with E-state index >= 15 is 0 Å². The first-order valence-electron chi connectivity index (χ1n) is 16.1. The van der Waals surface area contributed by atoms with Crippen molar-refractivity contribution in [2.75, 3.05) is 19.0 Å². The van der Waals surface area contributed by atoms with Crippen molar-refractivity contribution < 1.29 is 9.21 Å². The molecule has 2 aliphatic rings. The molecule has 0 unspecified atom stereocenters. The van der Waals surface area contributed by atoms with Gasteiger partial charge >= 0.3 is 0 Å². The van der Waals surface area contributed by atoms with Gasteiger partial charge in [0, 0.05) is 49.1 Å². The molecule has 0 aromatic heterocycles. The largest absolute Gasteiger partial charge is 0.453 e. The Morgan fingerprint density at radius 1 is 0.756 bits per heavy atom. The van der Waals surface area contributed by atoms with Gasteiger partial charge in [0.2, 0.25) is 5.91 Å². The third-order valence-electron chi connectivity index (χ3n) is 8.11. The smallest absolute Gasteiger partial charge is 0.246 e. The highest BCUT2D eigenvalue weighted by atomic mass is 16.3. The topological polar surface area (TPSA) is 58.7 Å². The van der Waals surface area contributed by atoms with Crippen LogP contribution >= 0.6 is 0 Å². The molecule has 0 saturated carbocycles. The summed E-state index contributed by atoms with van der Waals surface area (Å²) in [5.74, 6) is 0.582. The van der Waals surface area contributed by atoms with Gasteiger partial charge in [-0.25, -0.2) is 9.98 Å². The van der Waals surface area contributed by atoms with E-state index in [1.54, 1.807) is 0 Å². The third kappa shape index (κ3) is 9.14. The quantitative estimate of drug-likeness (QED) is 0.0739. The van der Waals surface area contributed by atoms with Gasteiger partial charge < -0.3 is 9.32 Å². The molecule has 0 spiro atoms. The summed E-state index contributed by atoms with van der Waals surface area (Å²) in [4.78, 5) is 24.3. The highest BCUT2D eigenvalue weighted by Crippen LogP contribution is 2.31. The lowest BCUT2D eigenvalue weighted by Gasteiger charge is -2.14. The van der Waals surface area contributed by atoms with E-state index in [-0.39, 0.29) is 5.91 Å². The predicted octanol–water partition coefficient (Wildman–Crippen LogP) is 9.84. The zero-order valence-electron chi connectivity index (χ0n) is 25.6. The Balaban J connectivity index is 1.26. The maximum Gasteiger partial charge on any atom is 0.246 e. The number of nitrogens with zero attached hydrogens (tertiary/aromatic N) is 3. The molecule has 41 heavy (non-hydrogen) atoms. The van der Waals surface area contributed by atoms with Gasteiger partial charge in [0.05, 0.1) is 5.36 Å². The number of hydrogen-bond acceptors (Lipinski definition) is 4. The minimum atomic E-state index is -0.0622. The SMILES string of the molecule is CCCCCCCCCCCCCCCCCC(=O)N=c1cc2oc3cc(N(C)C)ccc3nc-2c2ccccc12. The molecule has 2 aromatic rings. The number of unbranched alkanes of at least 4 members (excludes halogenated alkanes) is 14. The average Bonchev–Trinajstić information content (AvgIpc) is 2.98. The maximum absolute atomic E-state index is 12.8. The Morgan fingerprint density at radius 3 is 1.95 bits per heavy atom. The molecule has 2 aromatic carbocycles. The lowest BCUT2D eigenvalue weighted by atomic mass is 10.0. The van der Waals surface area contributed by atoms with Crippen LogP contribution in [0.1, 0.15) is 110 Å². The molecule has 1 heterocycles. The second-order valence-corrected chi connectivity index (χ2v) is 11.8. The van der Waals surface area contributed by atoms with E-state index < -0.39 is 0 Å². The third-order valence-corrected chi connectivity index (χ3v) is 8.11. The van der Waals surface area contributed by atoms with Gasteiger partial charge in [-0.2, -0.15) is 0 Å². The normalized spacial score (nSPS) is 12.1. The van der Waals surface area contributed by atoms with Crippen LogP contribution < -0.4 is 10.3 Å². The lowest BCUT2D eigenvalue weighted by Crippen LogP contribution is -2.10. The summed E-state index contributed by atoms with van der Waals surface area (Å²) in [7, 11) is 4.01. The summed E-state index contributed by atoms with van der Waals surface area (Å²) in [6.45, 7) is 2.28. The number of aromatic nitrogens is 1. The number of carbonyl (C=O) groups excluding carboxylic acids is 1. The molecular formula is C36H49N3O2. The van der Waals surface area contributed by atoms with Crippen LogP contribution in [0, 0.1) is 0 Å². The molecule has 0 radical (unpaired) electrons. The summed E-state index contributed by atoms with van der Waals surface area (Å²) >= 11 is 0. The van der Waals surface area contributed by atoms with Crippen LogP contribution in [0.2, 0.25) is 0 Å². The van der Waals surface area contributed by atoms with Crippen LogP contribution in [0.3, 0.4) is 0 Å². The van der Waals surface area contributed by atoms with Gasteiger partial charge in [-0.3, -0.25) is 4.79 Å². The minimum Gasteiger partial charge on any atom is -0.453 e. The molecule has 1 aliphatic carbocycles. The zero-order valence-corrected chi connectivity index (χ0v) is 25.6. The van der Waals surface area contributed by atoms with E-state index in [4.69, 9.17) is 9.40 Å². The molecule has 0 saturated heterocycles. The van der Waals surface area contributed by atoms with E-state index in [2.05, 4.69) is 11.9 Å². The van der Waals surface area contributed by atoms with Gasteiger partial charge in [0.15, 0.2) is 11.3 Å². The number of anilines is 1. The predicted molar refractivity (Wildman–Crippen MR) is 173 cm³/mol. The second-order valence-electron chi connectivity index (χ2n) is 11.8. The molecule has 0 atom stereocenters. The molecule has 5 nitrogen and oxygen atoms in total. The molecule has 0 N–H and O–H groups in total. The van der Waals surface area contributed by atoms with Gasteiger partial charge in [0.1, 0.15) is 11.2 Å². The molecule has 1 amide bonds. The van der Waals surface area contributed by atoms with Crippen LogP contribution in [0.25, 0.3) is 33.3 Å². The number of rotatable bonds is 17. The van der Waals surface area contributed by atoms with E-state index in [1.807, 2.05) is 67.5 Å². The van der Waals surface area contributed by atoms with Crippen molar-refractivity contribution in [2.24, 2.45) is 4.99 Å². The van der Waals surface area contributed by atoms with E-state index in [0.717, 1.165) is 40.5 Å². The molecule has 0 fully saturated rings. The zero-order chi connectivity index (χ0) is 28.9. The van der Waals surface area contributed by atoms with Crippen LogP contribution in [0.4, 0.5) is 5.69 Å². The Kier molecular flexibility index (Phi) is 12.2. The van der Waals surface area contributed by atoms with E-state index in [1.165, 1.54) is 83.5 Å². The summed E-state index contributed by atoms with van der Waals surface area (Å²) in [5, 5.41) is 2.54. The van der Waals surface area contributed by atoms with Gasteiger partial charge in [-0.1, -0.05) is 121 Å². The lowest BCUT2D eigenvalue weighted by molar-refractivity contribution is -0.118. The van der Waals surface area contributed by atoms with Crippen molar-refractivity contribution in [2.45, 2.75) is 110 Å². The van der Waals surface area contributed by atoms with E-state index in [9.17, 15) is 4.79 Å². The fourth-order valence-electron chi connectivity index (χ4n) is 5.63. The number of fused-ring (bicyclic) bond motifs is 4. The maximum atomic E-state index is 12.8. The monoisotopic (exact) mass is 555 g/mol. The fourth-order valence-corrected chi connectivity index (χ4v) is 5.63. The van der Waals surface area contributed by atoms with Gasteiger partial charge in [-0.15, -0.1) is 0 Å². The van der Waals surface area contributed by atoms with Gasteiger partial charge in [0.25, 0.3) is 0 Å². The minimum absolute atomic E-state index is 0.0622. The molecule has 0 bridgehead atoms. The van der Waals surface area contributed by atoms with Crippen molar-refractivity contribution in [1.82, 2.24) is 4.98 Å². The molecule has 4 rings (SSSR count). The molecular weight excluding hydrogens is 506 g/mol. The average molecular weight is 556 g/mol. The highest BCUT2D eigenvalue weighted by Gasteiger charge is 2.15. The van der Waals surface area contributed by atoms with Crippen molar-refractivity contribution in [1.29, 1.82) is 0 Å². The number of benzene rings is 3. The first-order chi connectivity index (χ1) is 20.1. The van der Waals surface area contributed by atoms with Crippen molar-refractivity contribution in [3.8, 4) is 11.5 Å².